The number of nitrogens with one attached hydrogen (secondary N) is 1. The summed E-state index contributed by atoms with van der Waals surface area (Å²) in [5, 5.41) is 13.9. The average molecular weight is 607 g/mol. The number of anilines is 1. The van der Waals surface area contributed by atoms with Gasteiger partial charge >= 0.3 is 0 Å². The molecule has 224 valence electrons. The predicted molar refractivity (Wildman–Crippen MR) is 178 cm³/mol. The second kappa shape index (κ2) is 16.0. The minimum absolute atomic E-state index is 0.152. The van der Waals surface area contributed by atoms with Gasteiger partial charge in [-0.15, -0.1) is 0 Å². The van der Waals surface area contributed by atoms with E-state index in [9.17, 15) is 14.7 Å². The molecule has 9 heteroatoms. The fraction of sp³-hybridized carbons (Fsp3) is 0.455. The zero-order chi connectivity index (χ0) is 29.9. The van der Waals surface area contributed by atoms with Crippen LogP contribution >= 0.6 is 24.0 Å². The Kier molecular flexibility index (Phi) is 12.2. The first-order valence-electron chi connectivity index (χ1n) is 15.1. The minimum Gasteiger partial charge on any atom is -0.387 e. The Balaban J connectivity index is 1.44. The Morgan fingerprint density at radius 1 is 0.976 bits per heavy atom. The highest BCUT2D eigenvalue weighted by atomic mass is 32.2. The van der Waals surface area contributed by atoms with E-state index in [0.717, 1.165) is 24.0 Å². The molecular weight excluding hydrogens is 565 g/mol. The Morgan fingerprint density at radius 2 is 1.64 bits per heavy atom. The number of unbranched alkanes of at least 4 members (excludes halogenated alkanes) is 9. The molecule has 1 amide bonds. The van der Waals surface area contributed by atoms with Crippen LogP contribution in [0.15, 0.2) is 58.4 Å². The monoisotopic (exact) mass is 606 g/mol. The number of rotatable bonds is 16. The number of pyridine rings is 1. The Labute approximate surface area is 258 Å². The second-order valence-corrected chi connectivity index (χ2v) is 12.6. The van der Waals surface area contributed by atoms with Crippen molar-refractivity contribution in [2.45, 2.75) is 84.2 Å². The second-order valence-electron chi connectivity index (χ2n) is 10.9. The molecule has 0 radical (unpaired) electrons. The Morgan fingerprint density at radius 3 is 2.33 bits per heavy atom. The zero-order valence-electron chi connectivity index (χ0n) is 24.7. The van der Waals surface area contributed by atoms with Gasteiger partial charge in [0, 0.05) is 19.3 Å². The van der Waals surface area contributed by atoms with Crippen molar-refractivity contribution in [2.24, 2.45) is 0 Å². The third-order valence-corrected chi connectivity index (χ3v) is 8.99. The lowest BCUT2D eigenvalue weighted by molar-refractivity contribution is -0.122. The summed E-state index contributed by atoms with van der Waals surface area (Å²) in [5.74, 6) is 0.147. The lowest BCUT2D eigenvalue weighted by atomic mass is 10.1. The fourth-order valence-electron chi connectivity index (χ4n) is 5.14. The van der Waals surface area contributed by atoms with Crippen LogP contribution in [0.25, 0.3) is 11.7 Å². The number of thioether (sulfide) groups is 1. The van der Waals surface area contributed by atoms with E-state index < -0.39 is 6.10 Å². The number of amides is 1. The number of hydrogen-bond acceptors (Lipinski definition) is 7. The molecule has 1 atom stereocenters. The van der Waals surface area contributed by atoms with Crippen LogP contribution in [0.4, 0.5) is 5.82 Å². The number of aliphatic hydroxyl groups is 1. The third kappa shape index (κ3) is 8.30. The van der Waals surface area contributed by atoms with Crippen LogP contribution in [0, 0.1) is 6.92 Å². The molecule has 3 aromatic rings. The molecule has 1 aliphatic rings. The van der Waals surface area contributed by atoms with Gasteiger partial charge in [-0.05, 0) is 36.6 Å². The van der Waals surface area contributed by atoms with Gasteiger partial charge in [0.15, 0.2) is 0 Å². The number of aryl methyl sites for hydroxylation is 1. The first-order chi connectivity index (χ1) is 20.4. The summed E-state index contributed by atoms with van der Waals surface area (Å²) in [6.45, 7) is 4.87. The van der Waals surface area contributed by atoms with E-state index in [1.165, 1.54) is 67.5 Å². The van der Waals surface area contributed by atoms with E-state index in [4.69, 9.17) is 17.2 Å². The third-order valence-electron chi connectivity index (χ3n) is 7.62. The quantitative estimate of drug-likeness (QED) is 0.101. The standard InChI is InChI=1S/C33H42N4O3S2/c1-3-4-5-6-7-8-9-10-11-15-20-37-32(40)28(42-33(37)41)22-26-29(34-23-27(38)25-18-13-12-14-19-25)35-30-24(2)17-16-21-36(30)31(26)39/h12-14,16-19,21-22,27,34,38H,3-11,15,20,23H2,1-2H3. The van der Waals surface area contributed by atoms with Gasteiger partial charge in [-0.1, -0.05) is 125 Å². The predicted octanol–water partition coefficient (Wildman–Crippen LogP) is 7.27. The first-order valence-corrected chi connectivity index (χ1v) is 16.4. The number of aromatic nitrogens is 2. The topological polar surface area (TPSA) is 86.9 Å². The van der Waals surface area contributed by atoms with Crippen LogP contribution in [0.5, 0.6) is 0 Å². The van der Waals surface area contributed by atoms with Gasteiger partial charge in [-0.25, -0.2) is 4.98 Å². The average Bonchev–Trinajstić information content (AvgIpc) is 3.26. The first kappa shape index (κ1) is 31.9. The van der Waals surface area contributed by atoms with Crippen molar-refractivity contribution in [3.63, 3.8) is 0 Å². The molecule has 2 N–H and O–H groups in total. The minimum atomic E-state index is -0.796. The summed E-state index contributed by atoms with van der Waals surface area (Å²) in [6.07, 6.45) is 14.7. The van der Waals surface area contributed by atoms with E-state index in [1.54, 1.807) is 23.2 Å². The van der Waals surface area contributed by atoms with Crippen molar-refractivity contribution in [2.75, 3.05) is 18.4 Å². The van der Waals surface area contributed by atoms with Crippen LogP contribution in [-0.2, 0) is 4.79 Å². The highest BCUT2D eigenvalue weighted by molar-refractivity contribution is 8.26. The van der Waals surface area contributed by atoms with Gasteiger partial charge in [0.1, 0.15) is 15.8 Å². The molecule has 0 aliphatic carbocycles. The van der Waals surface area contributed by atoms with E-state index in [-0.39, 0.29) is 23.6 Å². The van der Waals surface area contributed by atoms with Crippen molar-refractivity contribution < 1.29 is 9.90 Å². The maximum atomic E-state index is 13.7. The SMILES string of the molecule is CCCCCCCCCCCCN1C(=O)C(=Cc2c(NCC(O)c3ccccc3)nc3c(C)cccn3c2=O)SC1=S. The molecule has 7 nitrogen and oxygen atoms in total. The maximum Gasteiger partial charge on any atom is 0.267 e. The zero-order valence-corrected chi connectivity index (χ0v) is 26.3. The van der Waals surface area contributed by atoms with E-state index in [2.05, 4.69) is 12.2 Å². The van der Waals surface area contributed by atoms with Crippen molar-refractivity contribution >= 4 is 51.7 Å². The number of carbonyl (C=O) groups excluding carboxylic acids is 1. The summed E-state index contributed by atoms with van der Waals surface area (Å²) in [4.78, 5) is 33.8. The molecule has 0 bridgehead atoms. The summed E-state index contributed by atoms with van der Waals surface area (Å²) in [5.41, 5.74) is 2.09. The van der Waals surface area contributed by atoms with E-state index in [0.29, 0.717) is 27.2 Å². The van der Waals surface area contributed by atoms with Gasteiger partial charge in [0.25, 0.3) is 11.5 Å². The van der Waals surface area contributed by atoms with Crippen molar-refractivity contribution in [3.8, 4) is 0 Å². The van der Waals surface area contributed by atoms with Crippen LogP contribution in [0.3, 0.4) is 0 Å². The van der Waals surface area contributed by atoms with Crippen molar-refractivity contribution in [1.82, 2.24) is 14.3 Å². The molecule has 1 unspecified atom stereocenters. The maximum absolute atomic E-state index is 13.7. The molecular formula is C33H42N4O3S2. The molecule has 1 aliphatic heterocycles. The molecule has 42 heavy (non-hydrogen) atoms. The fourth-order valence-corrected chi connectivity index (χ4v) is 6.43. The molecule has 2 aromatic heterocycles. The molecule has 3 heterocycles. The number of benzene rings is 1. The highest BCUT2D eigenvalue weighted by Crippen LogP contribution is 2.33. The van der Waals surface area contributed by atoms with Crippen LogP contribution in [0.1, 0.15) is 93.9 Å². The molecule has 0 spiro atoms. The number of carbonyl (C=O) groups is 1. The highest BCUT2D eigenvalue weighted by Gasteiger charge is 2.32. The van der Waals surface area contributed by atoms with E-state index >= 15 is 0 Å². The summed E-state index contributed by atoms with van der Waals surface area (Å²) in [7, 11) is 0. The smallest absolute Gasteiger partial charge is 0.267 e. The molecule has 1 aromatic carbocycles. The van der Waals surface area contributed by atoms with Crippen LogP contribution in [-0.4, -0.2) is 42.7 Å². The van der Waals surface area contributed by atoms with Gasteiger partial charge in [0.05, 0.1) is 16.6 Å². The van der Waals surface area contributed by atoms with Crippen molar-refractivity contribution in [1.29, 1.82) is 0 Å². The molecule has 1 saturated heterocycles. The van der Waals surface area contributed by atoms with E-state index in [1.807, 2.05) is 43.3 Å². The number of hydrogen-bond donors (Lipinski definition) is 2. The largest absolute Gasteiger partial charge is 0.387 e. The summed E-state index contributed by atoms with van der Waals surface area (Å²) in [6, 6.07) is 13.0. The van der Waals surface area contributed by atoms with Crippen LogP contribution in [0.2, 0.25) is 0 Å². The number of thiocarbonyl (C=S) groups is 1. The Bertz CT molecular complexity index is 1450. The lowest BCUT2D eigenvalue weighted by Gasteiger charge is -2.16. The summed E-state index contributed by atoms with van der Waals surface area (Å²) < 4.78 is 2.01. The molecule has 1 fully saturated rings. The van der Waals surface area contributed by atoms with Gasteiger partial charge in [-0.3, -0.25) is 18.9 Å². The van der Waals surface area contributed by atoms with Gasteiger partial charge in [0.2, 0.25) is 0 Å². The summed E-state index contributed by atoms with van der Waals surface area (Å²) >= 11 is 6.78. The number of nitrogens with zero attached hydrogens (tertiary/aromatic N) is 3. The lowest BCUT2D eigenvalue weighted by Crippen LogP contribution is -2.29. The Hall–Kier alpha value is -3.01. The van der Waals surface area contributed by atoms with Gasteiger partial charge < -0.3 is 10.4 Å². The molecule has 4 rings (SSSR count). The normalized spacial score (nSPS) is 15.2. The van der Waals surface area contributed by atoms with Gasteiger partial charge in [-0.2, -0.15) is 0 Å². The van der Waals surface area contributed by atoms with Crippen molar-refractivity contribution in [3.05, 3.63) is 80.6 Å². The number of aliphatic hydroxyl groups excluding tert-OH is 1. The molecule has 0 saturated carbocycles. The number of fused-ring (bicyclic) bond motifs is 1. The van der Waals surface area contributed by atoms with Crippen LogP contribution < -0.4 is 10.9 Å².